The van der Waals surface area contributed by atoms with E-state index >= 15 is 0 Å². The van der Waals surface area contributed by atoms with Gasteiger partial charge in [-0.25, -0.2) is 9.97 Å². The molecule has 0 aliphatic rings. The Morgan fingerprint density at radius 3 is 2.53 bits per heavy atom. The molecule has 0 N–H and O–H groups in total. The van der Waals surface area contributed by atoms with Crippen LogP contribution in [-0.4, -0.2) is 34.0 Å². The van der Waals surface area contributed by atoms with Crippen molar-refractivity contribution in [3.8, 4) is 6.01 Å². The molecule has 5 nitrogen and oxygen atoms in total. The van der Waals surface area contributed by atoms with Gasteiger partial charge in [-0.1, -0.05) is 6.07 Å². The molecule has 2 heterocycles. The Labute approximate surface area is 113 Å². The first kappa shape index (κ1) is 13.4. The molecule has 2 aromatic rings. The van der Waals surface area contributed by atoms with Crippen molar-refractivity contribution in [2.24, 2.45) is 0 Å². The summed E-state index contributed by atoms with van der Waals surface area (Å²) in [5.41, 5.74) is 2.10. The molecule has 0 spiro atoms. The molecule has 0 aromatic carbocycles. The molecule has 0 saturated heterocycles. The lowest BCUT2D eigenvalue weighted by molar-refractivity contribution is 0.247. The predicted molar refractivity (Wildman–Crippen MR) is 72.7 cm³/mol. The zero-order valence-electron chi connectivity index (χ0n) is 11.4. The molecule has 0 radical (unpaired) electrons. The van der Waals surface area contributed by atoms with Gasteiger partial charge in [0, 0.05) is 36.7 Å². The lowest BCUT2D eigenvalue weighted by Gasteiger charge is -2.23. The summed E-state index contributed by atoms with van der Waals surface area (Å²) < 4.78 is 4.95. The molecule has 0 aliphatic carbocycles. The number of hydrogen-bond donors (Lipinski definition) is 0. The highest BCUT2D eigenvalue weighted by molar-refractivity contribution is 5.10. The highest BCUT2D eigenvalue weighted by Crippen LogP contribution is 2.18. The molecular formula is C14H18N4O. The van der Waals surface area contributed by atoms with Crippen molar-refractivity contribution >= 4 is 0 Å². The van der Waals surface area contributed by atoms with E-state index in [0.717, 1.165) is 17.8 Å². The molecule has 19 heavy (non-hydrogen) atoms. The maximum atomic E-state index is 4.95. The number of pyridine rings is 1. The molecule has 2 aromatic heterocycles. The van der Waals surface area contributed by atoms with Crippen LogP contribution in [0.2, 0.25) is 0 Å². The number of methoxy groups -OCH3 is 1. The van der Waals surface area contributed by atoms with E-state index in [9.17, 15) is 0 Å². The zero-order valence-corrected chi connectivity index (χ0v) is 11.4. The van der Waals surface area contributed by atoms with Gasteiger partial charge < -0.3 is 4.74 Å². The second kappa shape index (κ2) is 6.24. The SMILES string of the molecule is COc1ncc(CN(C)[C@@H](C)c2ccccn2)cn1. The van der Waals surface area contributed by atoms with Gasteiger partial charge in [0.1, 0.15) is 0 Å². The quantitative estimate of drug-likeness (QED) is 0.821. The van der Waals surface area contributed by atoms with Crippen LogP contribution in [0.1, 0.15) is 24.2 Å². The predicted octanol–water partition coefficient (Wildman–Crippen LogP) is 2.07. The average molecular weight is 258 g/mol. The first-order valence-corrected chi connectivity index (χ1v) is 6.17. The van der Waals surface area contributed by atoms with Gasteiger partial charge in [-0.2, -0.15) is 0 Å². The number of hydrogen-bond acceptors (Lipinski definition) is 5. The minimum atomic E-state index is 0.239. The standard InChI is InChI=1S/C14H18N4O/c1-11(13-6-4-5-7-15-13)18(2)10-12-8-16-14(19-3)17-9-12/h4-9,11H,10H2,1-3H3/t11-/m0/s1. The summed E-state index contributed by atoms with van der Waals surface area (Å²) in [7, 11) is 3.62. The van der Waals surface area contributed by atoms with Crippen LogP contribution in [-0.2, 0) is 6.54 Å². The third kappa shape index (κ3) is 3.48. The molecular weight excluding hydrogens is 240 g/mol. The Hall–Kier alpha value is -2.01. The third-order valence-electron chi connectivity index (χ3n) is 3.07. The van der Waals surface area contributed by atoms with Crippen LogP contribution in [0.25, 0.3) is 0 Å². The van der Waals surface area contributed by atoms with Gasteiger partial charge in [-0.15, -0.1) is 0 Å². The molecule has 100 valence electrons. The fourth-order valence-corrected chi connectivity index (χ4v) is 1.80. The summed E-state index contributed by atoms with van der Waals surface area (Å²) in [6, 6.07) is 6.59. The van der Waals surface area contributed by atoms with E-state index in [1.807, 2.05) is 24.4 Å². The Morgan fingerprint density at radius 2 is 1.95 bits per heavy atom. The maximum absolute atomic E-state index is 4.95. The monoisotopic (exact) mass is 258 g/mol. The van der Waals surface area contributed by atoms with Crippen LogP contribution in [0.4, 0.5) is 0 Å². The topological polar surface area (TPSA) is 51.1 Å². The Morgan fingerprint density at radius 1 is 1.21 bits per heavy atom. The van der Waals surface area contributed by atoms with E-state index < -0.39 is 0 Å². The second-order valence-corrected chi connectivity index (χ2v) is 4.42. The van der Waals surface area contributed by atoms with Crippen LogP contribution in [0.3, 0.4) is 0 Å². The fraction of sp³-hybridized carbons (Fsp3) is 0.357. The first-order valence-electron chi connectivity index (χ1n) is 6.17. The summed E-state index contributed by atoms with van der Waals surface area (Å²) in [6.07, 6.45) is 5.39. The van der Waals surface area contributed by atoms with Gasteiger partial charge in [-0.05, 0) is 26.1 Å². The smallest absolute Gasteiger partial charge is 0.316 e. The number of nitrogens with zero attached hydrogens (tertiary/aromatic N) is 4. The Balaban J connectivity index is 2.01. The van der Waals surface area contributed by atoms with Crippen molar-refractivity contribution in [2.75, 3.05) is 14.2 Å². The van der Waals surface area contributed by atoms with Crippen molar-refractivity contribution in [3.63, 3.8) is 0 Å². The second-order valence-electron chi connectivity index (χ2n) is 4.42. The molecule has 0 amide bonds. The molecule has 0 aliphatic heterocycles. The minimum Gasteiger partial charge on any atom is -0.467 e. The summed E-state index contributed by atoms with van der Waals surface area (Å²) in [5.74, 6) is 0. The van der Waals surface area contributed by atoms with Crippen LogP contribution >= 0.6 is 0 Å². The number of rotatable bonds is 5. The Kier molecular flexibility index (Phi) is 4.41. The molecule has 0 bridgehead atoms. The number of aromatic nitrogens is 3. The normalized spacial score (nSPS) is 12.4. The fourth-order valence-electron chi connectivity index (χ4n) is 1.80. The van der Waals surface area contributed by atoms with E-state index in [1.54, 1.807) is 19.5 Å². The van der Waals surface area contributed by atoms with Crippen molar-refractivity contribution in [3.05, 3.63) is 48.0 Å². The first-order chi connectivity index (χ1) is 9.20. The highest BCUT2D eigenvalue weighted by atomic mass is 16.5. The Bertz CT molecular complexity index is 501. The van der Waals surface area contributed by atoms with E-state index in [-0.39, 0.29) is 6.04 Å². The summed E-state index contributed by atoms with van der Waals surface area (Å²) in [4.78, 5) is 14.8. The van der Waals surface area contributed by atoms with Crippen LogP contribution in [0.15, 0.2) is 36.8 Å². The third-order valence-corrected chi connectivity index (χ3v) is 3.07. The van der Waals surface area contributed by atoms with Crippen molar-refractivity contribution in [1.29, 1.82) is 0 Å². The lowest BCUT2D eigenvalue weighted by atomic mass is 10.2. The minimum absolute atomic E-state index is 0.239. The van der Waals surface area contributed by atoms with Crippen molar-refractivity contribution in [2.45, 2.75) is 19.5 Å². The molecule has 1 atom stereocenters. The zero-order chi connectivity index (χ0) is 13.7. The number of ether oxygens (including phenoxy) is 1. The van der Waals surface area contributed by atoms with Gasteiger partial charge in [0.2, 0.25) is 0 Å². The summed E-state index contributed by atoms with van der Waals surface area (Å²) in [6.45, 7) is 2.90. The van der Waals surface area contributed by atoms with E-state index in [0.29, 0.717) is 6.01 Å². The van der Waals surface area contributed by atoms with Gasteiger partial charge in [0.15, 0.2) is 0 Å². The molecule has 0 fully saturated rings. The van der Waals surface area contributed by atoms with Crippen LogP contribution in [0, 0.1) is 0 Å². The largest absolute Gasteiger partial charge is 0.467 e. The molecule has 0 saturated carbocycles. The lowest BCUT2D eigenvalue weighted by Crippen LogP contribution is -2.22. The van der Waals surface area contributed by atoms with Crippen LogP contribution < -0.4 is 4.74 Å². The van der Waals surface area contributed by atoms with Crippen molar-refractivity contribution < 1.29 is 4.74 Å². The molecule has 0 unspecified atom stereocenters. The van der Waals surface area contributed by atoms with Gasteiger partial charge in [0.25, 0.3) is 0 Å². The van der Waals surface area contributed by atoms with Crippen LogP contribution in [0.5, 0.6) is 6.01 Å². The molecule has 5 heteroatoms. The van der Waals surface area contributed by atoms with E-state index in [1.165, 1.54) is 0 Å². The van der Waals surface area contributed by atoms with E-state index in [4.69, 9.17) is 4.74 Å². The summed E-state index contributed by atoms with van der Waals surface area (Å²) in [5, 5.41) is 0. The van der Waals surface area contributed by atoms with Gasteiger partial charge >= 0.3 is 6.01 Å². The van der Waals surface area contributed by atoms with Gasteiger partial charge in [-0.3, -0.25) is 9.88 Å². The summed E-state index contributed by atoms with van der Waals surface area (Å²) >= 11 is 0. The highest BCUT2D eigenvalue weighted by Gasteiger charge is 2.13. The van der Waals surface area contributed by atoms with Crippen molar-refractivity contribution in [1.82, 2.24) is 19.9 Å². The maximum Gasteiger partial charge on any atom is 0.316 e. The van der Waals surface area contributed by atoms with Gasteiger partial charge in [0.05, 0.1) is 12.8 Å². The van der Waals surface area contributed by atoms with E-state index in [2.05, 4.69) is 33.8 Å². The molecule has 2 rings (SSSR count). The average Bonchev–Trinajstić information content (AvgIpc) is 2.48.